The first-order valence-electron chi connectivity index (χ1n) is 8.91. The van der Waals surface area contributed by atoms with E-state index in [9.17, 15) is 26.3 Å². The average Bonchev–Trinajstić information content (AvgIpc) is 3.34. The quantitative estimate of drug-likeness (QED) is 0.359. The Kier molecular flexibility index (Phi) is 5.49. The monoisotopic (exact) mass is 476 g/mol. The molecule has 0 aliphatic carbocycles. The second-order valence-corrected chi connectivity index (χ2v) is 7.11. The highest BCUT2D eigenvalue weighted by atomic mass is 35.5. The molecule has 0 atom stereocenters. The number of halogens is 7. The highest BCUT2D eigenvalue weighted by Crippen LogP contribution is 2.39. The van der Waals surface area contributed by atoms with Gasteiger partial charge in [0.25, 0.3) is 0 Å². The number of alkyl halides is 6. The van der Waals surface area contributed by atoms with E-state index >= 15 is 0 Å². The maximum atomic E-state index is 13.2. The van der Waals surface area contributed by atoms with Crippen LogP contribution in [0.3, 0.4) is 0 Å². The Morgan fingerprint density at radius 1 is 1.00 bits per heavy atom. The molecule has 32 heavy (non-hydrogen) atoms. The normalized spacial score (nSPS) is 12.5. The molecule has 0 bridgehead atoms. The highest BCUT2D eigenvalue weighted by molar-refractivity contribution is 6.32. The zero-order valence-corrected chi connectivity index (χ0v) is 16.4. The van der Waals surface area contributed by atoms with Gasteiger partial charge in [0, 0.05) is 10.4 Å². The molecule has 0 aliphatic rings. The van der Waals surface area contributed by atoms with Crippen LogP contribution in [-0.4, -0.2) is 27.0 Å². The minimum absolute atomic E-state index is 0.0824. The molecule has 0 fully saturated rings. The second-order valence-electron chi connectivity index (χ2n) is 6.70. The Labute approximate surface area is 180 Å². The summed E-state index contributed by atoms with van der Waals surface area (Å²) in [4.78, 5) is 0. The van der Waals surface area contributed by atoms with Crippen molar-refractivity contribution in [3.8, 4) is 17.3 Å². The number of fused-ring (bicyclic) bond motifs is 1. The summed E-state index contributed by atoms with van der Waals surface area (Å²) >= 11 is 6.29. The third-order valence-corrected chi connectivity index (χ3v) is 4.86. The number of nitrogens with one attached hydrogen (secondary N) is 1. The Morgan fingerprint density at radius 2 is 1.78 bits per heavy atom. The first-order chi connectivity index (χ1) is 15.0. The van der Waals surface area contributed by atoms with Crippen LogP contribution in [0.1, 0.15) is 16.7 Å². The lowest BCUT2D eigenvalue weighted by Crippen LogP contribution is -2.20. The van der Waals surface area contributed by atoms with E-state index in [1.54, 1.807) is 18.2 Å². The Bertz CT molecular complexity index is 1250. The third-order valence-electron chi connectivity index (χ3n) is 4.51. The summed E-state index contributed by atoms with van der Waals surface area (Å²) < 4.78 is 86.1. The van der Waals surface area contributed by atoms with E-state index in [0.29, 0.717) is 39.4 Å². The smallest absolute Gasteiger partial charge is 0.453 e. The molecule has 4 aromatic rings. The number of nitrogens with zero attached hydrogens (tertiary/aromatic N) is 3. The van der Waals surface area contributed by atoms with Crippen LogP contribution in [0.4, 0.5) is 26.3 Å². The second kappa shape index (κ2) is 8.01. The molecule has 0 unspecified atom stereocenters. The van der Waals surface area contributed by atoms with Crippen molar-refractivity contribution in [3.63, 3.8) is 0 Å². The van der Waals surface area contributed by atoms with E-state index in [1.807, 2.05) is 0 Å². The molecule has 0 amide bonds. The van der Waals surface area contributed by atoms with Crippen molar-refractivity contribution < 1.29 is 35.5 Å². The van der Waals surface area contributed by atoms with Crippen molar-refractivity contribution in [1.82, 2.24) is 20.6 Å². The van der Waals surface area contributed by atoms with Crippen molar-refractivity contribution in [2.45, 2.75) is 25.4 Å². The molecule has 2 heterocycles. The number of tetrazole rings is 1. The lowest BCUT2D eigenvalue weighted by molar-refractivity contribution is -0.276. The number of aromatic amines is 1. The van der Waals surface area contributed by atoms with Crippen LogP contribution < -0.4 is 4.74 Å². The fourth-order valence-corrected chi connectivity index (χ4v) is 3.38. The molecule has 4 rings (SSSR count). The average molecular weight is 477 g/mol. The Balaban J connectivity index is 1.58. The van der Waals surface area contributed by atoms with Gasteiger partial charge in [0.05, 0.1) is 5.56 Å². The number of aryl methyl sites for hydroxylation is 2. The molecule has 168 valence electrons. The number of ether oxygens (including phenoxy) is 1. The molecule has 0 aliphatic heterocycles. The van der Waals surface area contributed by atoms with Gasteiger partial charge in [-0.3, -0.25) is 0 Å². The van der Waals surface area contributed by atoms with Crippen molar-refractivity contribution in [2.24, 2.45) is 0 Å². The summed E-state index contributed by atoms with van der Waals surface area (Å²) in [7, 11) is 0. The standard InChI is InChI=1S/C19H11ClF6N4O2/c20-13-6-11-8-16(17-27-29-30-28-17)31-15(11)7-10(13)3-1-9-2-4-14(32-19(24,25)26)12(5-9)18(21,22)23/h2,4-8H,1,3H2,(H,27,28,29,30). The lowest BCUT2D eigenvalue weighted by Gasteiger charge is -2.16. The zero-order chi connectivity index (χ0) is 23.1. The Morgan fingerprint density at radius 3 is 2.44 bits per heavy atom. The molecule has 2 aromatic heterocycles. The number of H-pyrrole nitrogens is 1. The van der Waals surface area contributed by atoms with Crippen LogP contribution in [-0.2, 0) is 19.0 Å². The van der Waals surface area contributed by atoms with E-state index in [0.717, 1.165) is 6.07 Å². The van der Waals surface area contributed by atoms with Gasteiger partial charge in [-0.05, 0) is 59.5 Å². The van der Waals surface area contributed by atoms with Gasteiger partial charge in [-0.25, -0.2) is 0 Å². The first kappa shape index (κ1) is 21.9. The van der Waals surface area contributed by atoms with Gasteiger partial charge in [0.15, 0.2) is 5.76 Å². The molecule has 0 saturated heterocycles. The van der Waals surface area contributed by atoms with E-state index < -0.39 is 23.9 Å². The van der Waals surface area contributed by atoms with E-state index in [2.05, 4.69) is 25.4 Å². The van der Waals surface area contributed by atoms with Crippen LogP contribution in [0.5, 0.6) is 5.75 Å². The summed E-state index contributed by atoms with van der Waals surface area (Å²) in [5.74, 6) is -0.727. The predicted molar refractivity (Wildman–Crippen MR) is 99.9 cm³/mol. The number of rotatable bonds is 5. The molecule has 13 heteroatoms. The van der Waals surface area contributed by atoms with Gasteiger partial charge >= 0.3 is 12.5 Å². The van der Waals surface area contributed by atoms with Crippen LogP contribution in [0.2, 0.25) is 5.02 Å². The number of furan rings is 1. The van der Waals surface area contributed by atoms with Crippen LogP contribution in [0.25, 0.3) is 22.6 Å². The van der Waals surface area contributed by atoms with Gasteiger partial charge < -0.3 is 9.15 Å². The van der Waals surface area contributed by atoms with Gasteiger partial charge in [-0.2, -0.15) is 18.4 Å². The van der Waals surface area contributed by atoms with Gasteiger partial charge in [-0.1, -0.05) is 17.7 Å². The Hall–Kier alpha value is -3.28. The van der Waals surface area contributed by atoms with Crippen molar-refractivity contribution >= 4 is 22.6 Å². The highest BCUT2D eigenvalue weighted by Gasteiger charge is 2.39. The van der Waals surface area contributed by atoms with Crippen molar-refractivity contribution in [2.75, 3.05) is 0 Å². The molecule has 2 aromatic carbocycles. The first-order valence-corrected chi connectivity index (χ1v) is 9.29. The third kappa shape index (κ3) is 4.79. The van der Waals surface area contributed by atoms with E-state index in [4.69, 9.17) is 16.0 Å². The SMILES string of the molecule is FC(F)(F)Oc1ccc(CCc2cc3oc(-c4nn[nH]n4)cc3cc2Cl)cc1C(F)(F)F. The van der Waals surface area contributed by atoms with E-state index in [-0.39, 0.29) is 24.2 Å². The minimum Gasteiger partial charge on any atom is -0.453 e. The van der Waals surface area contributed by atoms with E-state index in [1.165, 1.54) is 0 Å². The summed E-state index contributed by atoms with van der Waals surface area (Å²) in [6.45, 7) is 0. The lowest BCUT2D eigenvalue weighted by atomic mass is 10.0. The van der Waals surface area contributed by atoms with Crippen molar-refractivity contribution in [1.29, 1.82) is 0 Å². The molecule has 0 saturated carbocycles. The van der Waals surface area contributed by atoms with Crippen molar-refractivity contribution in [3.05, 3.63) is 58.1 Å². The molecular formula is C19H11ClF6N4O2. The fourth-order valence-electron chi connectivity index (χ4n) is 3.12. The zero-order valence-electron chi connectivity index (χ0n) is 15.7. The summed E-state index contributed by atoms with van der Waals surface area (Å²) in [6, 6.07) is 7.34. The number of hydrogen-bond donors (Lipinski definition) is 1. The molecule has 6 nitrogen and oxygen atoms in total. The molecule has 0 radical (unpaired) electrons. The molecule has 1 N–H and O–H groups in total. The maximum absolute atomic E-state index is 13.2. The summed E-state index contributed by atoms with van der Waals surface area (Å²) in [6.07, 6.45) is -9.97. The number of hydrogen-bond acceptors (Lipinski definition) is 5. The van der Waals surface area contributed by atoms with Gasteiger partial charge in [-0.15, -0.1) is 23.4 Å². The van der Waals surface area contributed by atoms with Gasteiger partial charge in [0.2, 0.25) is 5.82 Å². The minimum atomic E-state index is -5.24. The summed E-state index contributed by atoms with van der Waals surface area (Å²) in [5.41, 5.74) is -0.314. The topological polar surface area (TPSA) is 76.8 Å². The van der Waals surface area contributed by atoms with Crippen LogP contribution in [0.15, 0.2) is 40.8 Å². The van der Waals surface area contributed by atoms with Crippen LogP contribution in [0, 0.1) is 0 Å². The van der Waals surface area contributed by atoms with Gasteiger partial charge in [0.1, 0.15) is 11.3 Å². The molecule has 0 spiro atoms. The predicted octanol–water partition coefficient (Wildman–Crippen LogP) is 5.97. The fraction of sp³-hybridized carbons (Fsp3) is 0.211. The summed E-state index contributed by atoms with van der Waals surface area (Å²) in [5, 5.41) is 14.4. The maximum Gasteiger partial charge on any atom is 0.573 e. The van der Waals surface area contributed by atoms with Crippen LogP contribution >= 0.6 is 11.6 Å². The number of aromatic nitrogens is 4. The molecular weight excluding hydrogens is 466 g/mol. The number of benzene rings is 2. The largest absolute Gasteiger partial charge is 0.573 e.